The van der Waals surface area contributed by atoms with Crippen LogP contribution >= 0.6 is 0 Å². The van der Waals surface area contributed by atoms with Crippen LogP contribution in [-0.4, -0.2) is 39.6 Å². The smallest absolute Gasteiger partial charge is 0.326 e. The van der Waals surface area contributed by atoms with Crippen LogP contribution in [0.4, 0.5) is 0 Å². The first-order valence-corrected chi connectivity index (χ1v) is 5.87. The molecule has 0 bridgehead atoms. The molecule has 1 aliphatic rings. The Kier molecular flexibility index (Phi) is 3.62. The summed E-state index contributed by atoms with van der Waals surface area (Å²) in [5.41, 5.74) is 0.485. The Labute approximate surface area is 105 Å². The Morgan fingerprint density at radius 3 is 2.56 bits per heavy atom. The Bertz CT molecular complexity index is 446. The molecule has 96 valence electrons. The molecule has 0 spiro atoms. The third-order valence-corrected chi connectivity index (χ3v) is 3.17. The van der Waals surface area contributed by atoms with Crippen molar-refractivity contribution in [1.82, 2.24) is 4.90 Å². The zero-order chi connectivity index (χ0) is 13.1. The van der Waals surface area contributed by atoms with Gasteiger partial charge in [-0.15, -0.1) is 0 Å². The van der Waals surface area contributed by atoms with E-state index in [1.807, 2.05) is 0 Å². The Balaban J connectivity index is 2.14. The first-order valence-electron chi connectivity index (χ1n) is 5.87. The molecule has 2 unspecified atom stereocenters. The number of likely N-dealkylation sites (tertiary alicyclic amines) is 1. The monoisotopic (exact) mass is 249 g/mol. The first kappa shape index (κ1) is 12.6. The van der Waals surface area contributed by atoms with Gasteiger partial charge >= 0.3 is 5.97 Å². The molecular formula is C13H15NO4. The zero-order valence-corrected chi connectivity index (χ0v) is 9.82. The standard InChI is InChI=1S/C13H15NO4/c15-11(9-5-2-1-3-6-9)12(16)14-8-4-7-10(14)13(17)18/h1-3,5-6,10-11,15H,4,7-8H2,(H,17,18). The van der Waals surface area contributed by atoms with E-state index < -0.39 is 24.0 Å². The van der Waals surface area contributed by atoms with Crippen LogP contribution in [0.15, 0.2) is 30.3 Å². The number of carbonyl (C=O) groups is 2. The molecule has 0 aliphatic carbocycles. The van der Waals surface area contributed by atoms with Crippen LogP contribution in [0.3, 0.4) is 0 Å². The summed E-state index contributed by atoms with van der Waals surface area (Å²) in [6.07, 6.45) is -0.182. The molecule has 1 heterocycles. The van der Waals surface area contributed by atoms with E-state index in [0.29, 0.717) is 24.9 Å². The quantitative estimate of drug-likeness (QED) is 0.830. The lowest BCUT2D eigenvalue weighted by atomic mass is 10.1. The van der Waals surface area contributed by atoms with Crippen LogP contribution in [0.2, 0.25) is 0 Å². The topological polar surface area (TPSA) is 77.8 Å². The van der Waals surface area contributed by atoms with Gasteiger partial charge in [0.2, 0.25) is 0 Å². The average molecular weight is 249 g/mol. The Hall–Kier alpha value is -1.88. The summed E-state index contributed by atoms with van der Waals surface area (Å²) in [5.74, 6) is -1.55. The van der Waals surface area contributed by atoms with Crippen molar-refractivity contribution in [1.29, 1.82) is 0 Å². The van der Waals surface area contributed by atoms with Crippen molar-refractivity contribution in [3.63, 3.8) is 0 Å². The second kappa shape index (κ2) is 5.18. The van der Waals surface area contributed by atoms with Crippen molar-refractivity contribution in [2.24, 2.45) is 0 Å². The van der Waals surface area contributed by atoms with Gasteiger partial charge in [-0.2, -0.15) is 0 Å². The number of carboxylic acid groups (broad SMARTS) is 1. The van der Waals surface area contributed by atoms with Crippen molar-refractivity contribution in [3.05, 3.63) is 35.9 Å². The summed E-state index contributed by atoms with van der Waals surface area (Å²) in [4.78, 5) is 24.3. The van der Waals surface area contributed by atoms with Crippen molar-refractivity contribution < 1.29 is 19.8 Å². The number of hydrogen-bond donors (Lipinski definition) is 2. The Morgan fingerprint density at radius 2 is 1.94 bits per heavy atom. The number of rotatable bonds is 3. The van der Waals surface area contributed by atoms with Gasteiger partial charge in [0.15, 0.2) is 6.10 Å². The number of benzene rings is 1. The number of nitrogens with zero attached hydrogens (tertiary/aromatic N) is 1. The minimum atomic E-state index is -1.29. The van der Waals surface area contributed by atoms with Crippen molar-refractivity contribution >= 4 is 11.9 Å². The fraction of sp³-hybridized carbons (Fsp3) is 0.385. The molecule has 5 heteroatoms. The molecule has 18 heavy (non-hydrogen) atoms. The summed E-state index contributed by atoms with van der Waals surface area (Å²) < 4.78 is 0. The van der Waals surface area contributed by atoms with Gasteiger partial charge in [-0.1, -0.05) is 30.3 Å². The number of aliphatic hydroxyl groups is 1. The van der Waals surface area contributed by atoms with Crippen LogP contribution in [0, 0.1) is 0 Å². The molecule has 1 fully saturated rings. The maximum atomic E-state index is 12.1. The summed E-state index contributed by atoms with van der Waals surface area (Å²) >= 11 is 0. The molecule has 0 radical (unpaired) electrons. The van der Waals surface area contributed by atoms with Crippen LogP contribution in [0.1, 0.15) is 24.5 Å². The highest BCUT2D eigenvalue weighted by Crippen LogP contribution is 2.23. The van der Waals surface area contributed by atoms with Gasteiger partial charge in [0.1, 0.15) is 6.04 Å². The van der Waals surface area contributed by atoms with Gasteiger partial charge in [0.25, 0.3) is 5.91 Å². The summed E-state index contributed by atoms with van der Waals surface area (Å²) in [6, 6.07) is 7.73. The maximum Gasteiger partial charge on any atom is 0.326 e. The zero-order valence-electron chi connectivity index (χ0n) is 9.82. The van der Waals surface area contributed by atoms with Gasteiger partial charge in [0.05, 0.1) is 0 Å². The molecule has 1 aliphatic heterocycles. The predicted octanol–water partition coefficient (Wildman–Crippen LogP) is 0.796. The molecule has 2 rings (SSSR count). The van der Waals surface area contributed by atoms with Gasteiger partial charge in [-0.05, 0) is 18.4 Å². The van der Waals surface area contributed by atoms with Gasteiger partial charge in [-0.3, -0.25) is 4.79 Å². The Morgan fingerprint density at radius 1 is 1.28 bits per heavy atom. The third kappa shape index (κ3) is 2.36. The average Bonchev–Trinajstić information content (AvgIpc) is 2.87. The molecule has 0 saturated carbocycles. The largest absolute Gasteiger partial charge is 0.480 e. The second-order valence-corrected chi connectivity index (χ2v) is 4.34. The van der Waals surface area contributed by atoms with Crippen molar-refractivity contribution in [2.75, 3.05) is 6.54 Å². The third-order valence-electron chi connectivity index (χ3n) is 3.17. The van der Waals surface area contributed by atoms with Crippen LogP contribution < -0.4 is 0 Å². The van der Waals surface area contributed by atoms with E-state index in [1.54, 1.807) is 30.3 Å². The van der Waals surface area contributed by atoms with Crippen LogP contribution in [0.5, 0.6) is 0 Å². The fourth-order valence-electron chi connectivity index (χ4n) is 2.22. The lowest BCUT2D eigenvalue weighted by molar-refractivity contribution is -0.152. The summed E-state index contributed by atoms with van der Waals surface area (Å²) in [7, 11) is 0. The predicted molar refractivity (Wildman–Crippen MR) is 63.8 cm³/mol. The number of aliphatic carboxylic acids is 1. The minimum absolute atomic E-state index is 0.389. The number of hydrogen-bond acceptors (Lipinski definition) is 3. The number of carboxylic acids is 1. The molecule has 1 aromatic carbocycles. The number of carbonyl (C=O) groups excluding carboxylic acids is 1. The molecule has 0 aromatic heterocycles. The second-order valence-electron chi connectivity index (χ2n) is 4.34. The summed E-state index contributed by atoms with van der Waals surface area (Å²) in [6.45, 7) is 0.389. The highest BCUT2D eigenvalue weighted by atomic mass is 16.4. The highest BCUT2D eigenvalue weighted by molar-refractivity contribution is 5.87. The van der Waals surface area contributed by atoms with E-state index >= 15 is 0 Å². The fourth-order valence-corrected chi connectivity index (χ4v) is 2.22. The lowest BCUT2D eigenvalue weighted by Gasteiger charge is -2.24. The van der Waals surface area contributed by atoms with Gasteiger partial charge < -0.3 is 15.1 Å². The van der Waals surface area contributed by atoms with Crippen LogP contribution in [0.25, 0.3) is 0 Å². The molecule has 1 amide bonds. The normalized spacial score (nSPS) is 20.7. The molecule has 2 N–H and O–H groups in total. The van der Waals surface area contributed by atoms with E-state index in [9.17, 15) is 14.7 Å². The number of amides is 1. The van der Waals surface area contributed by atoms with E-state index in [0.717, 1.165) is 0 Å². The molecule has 2 atom stereocenters. The highest BCUT2D eigenvalue weighted by Gasteiger charge is 2.36. The molecule has 1 aromatic rings. The van der Waals surface area contributed by atoms with E-state index in [2.05, 4.69) is 0 Å². The van der Waals surface area contributed by atoms with E-state index in [4.69, 9.17) is 5.11 Å². The minimum Gasteiger partial charge on any atom is -0.480 e. The number of aliphatic hydroxyl groups excluding tert-OH is 1. The molecule has 5 nitrogen and oxygen atoms in total. The van der Waals surface area contributed by atoms with Gasteiger partial charge in [0, 0.05) is 6.54 Å². The SMILES string of the molecule is O=C(O)C1CCCN1C(=O)C(O)c1ccccc1. The maximum absolute atomic E-state index is 12.1. The van der Waals surface area contributed by atoms with Crippen LogP contribution in [-0.2, 0) is 9.59 Å². The van der Waals surface area contributed by atoms with E-state index in [-0.39, 0.29) is 0 Å². The van der Waals surface area contributed by atoms with E-state index in [1.165, 1.54) is 4.90 Å². The lowest BCUT2D eigenvalue weighted by Crippen LogP contribution is -2.42. The van der Waals surface area contributed by atoms with Crippen molar-refractivity contribution in [2.45, 2.75) is 25.0 Å². The summed E-state index contributed by atoms with van der Waals surface area (Å²) in [5, 5.41) is 19.0. The molecular weight excluding hydrogens is 234 g/mol. The molecule has 1 saturated heterocycles. The first-order chi connectivity index (χ1) is 8.61. The van der Waals surface area contributed by atoms with Crippen molar-refractivity contribution in [3.8, 4) is 0 Å². The van der Waals surface area contributed by atoms with Gasteiger partial charge in [-0.25, -0.2) is 4.79 Å².